The van der Waals surface area contributed by atoms with E-state index in [4.69, 9.17) is 10.2 Å². The fraction of sp³-hybridized carbons (Fsp3) is 0.500. The maximum atomic E-state index is 9.04. The summed E-state index contributed by atoms with van der Waals surface area (Å²) >= 11 is 0. The van der Waals surface area contributed by atoms with Gasteiger partial charge in [-0.25, -0.2) is 0 Å². The Morgan fingerprint density at radius 3 is 1.40 bits per heavy atom. The molecule has 0 spiro atoms. The van der Waals surface area contributed by atoms with E-state index in [1.807, 2.05) is 27.7 Å². The fourth-order valence-corrected chi connectivity index (χ4v) is 2.07. The van der Waals surface area contributed by atoms with Gasteiger partial charge in [0.05, 0.1) is 11.5 Å². The molecule has 0 saturated heterocycles. The third-order valence-corrected chi connectivity index (χ3v) is 3.22. The monoisotopic (exact) mass is 528 g/mol. The molecule has 2 aromatic rings. The zero-order valence-electron chi connectivity index (χ0n) is 18.4. The summed E-state index contributed by atoms with van der Waals surface area (Å²) in [6.07, 6.45) is 10.2. The first-order valence-electron chi connectivity index (χ1n) is 9.22. The molecule has 0 aromatic carbocycles. The minimum absolute atomic E-state index is 0. The number of nitrogens with zero attached hydrogens (tertiary/aromatic N) is 4. The number of aryl methyl sites for hydroxylation is 2. The van der Waals surface area contributed by atoms with Crippen molar-refractivity contribution in [1.29, 1.82) is 0 Å². The number of imidazole rings is 2. The summed E-state index contributed by atoms with van der Waals surface area (Å²) < 4.78 is 0. The number of aliphatic hydroxyl groups excluding tert-OH is 2. The van der Waals surface area contributed by atoms with E-state index in [2.05, 4.69) is 30.6 Å². The quantitative estimate of drug-likeness (QED) is 0.282. The molecular weight excluding hydrogens is 495 g/mol. The van der Waals surface area contributed by atoms with Crippen molar-refractivity contribution in [3.05, 3.63) is 60.1 Å². The first kappa shape index (κ1) is 33.1. The molecule has 0 aliphatic heterocycles. The minimum atomic E-state index is 0. The number of hydrogen-bond donors (Lipinski definition) is 4. The van der Waals surface area contributed by atoms with Crippen molar-refractivity contribution < 1.29 is 44.0 Å². The van der Waals surface area contributed by atoms with E-state index in [9.17, 15) is 0 Å². The van der Waals surface area contributed by atoms with Crippen molar-refractivity contribution in [2.24, 2.45) is 0 Å². The van der Waals surface area contributed by atoms with Crippen LogP contribution >= 0.6 is 0 Å². The number of aliphatic hydroxyl groups is 2. The summed E-state index contributed by atoms with van der Waals surface area (Å²) in [5.41, 5.74) is 0. The Morgan fingerprint density at radius 1 is 0.900 bits per heavy atom. The molecule has 0 amide bonds. The third kappa shape index (κ3) is 22.7. The van der Waals surface area contributed by atoms with Gasteiger partial charge in [-0.2, -0.15) is 0 Å². The van der Waals surface area contributed by atoms with Gasteiger partial charge in [0.15, 0.2) is 0 Å². The van der Waals surface area contributed by atoms with Gasteiger partial charge in [0.2, 0.25) is 0 Å². The summed E-state index contributed by atoms with van der Waals surface area (Å²) in [5, 5.41) is 24.6. The average molecular weight is 529 g/mol. The SMILES string of the molecule is C/C(O)=C/C(C)NCCNC(C)/C=C(/C)O.Cc1ncc[n-]1.Cc1ncc[n-]1.[Br-].[Co+3]. The van der Waals surface area contributed by atoms with Crippen LogP contribution in [0.2, 0.25) is 0 Å². The van der Waals surface area contributed by atoms with Crippen LogP contribution in [0.25, 0.3) is 0 Å². The Bertz CT molecular complexity index is 597. The van der Waals surface area contributed by atoms with Crippen LogP contribution in [0.5, 0.6) is 0 Å². The average Bonchev–Trinajstić information content (AvgIpc) is 3.25. The second-order valence-electron chi connectivity index (χ2n) is 6.31. The van der Waals surface area contributed by atoms with Crippen molar-refractivity contribution >= 4 is 0 Å². The number of halogens is 1. The number of nitrogens with one attached hydrogen (secondary N) is 2. The zero-order chi connectivity index (χ0) is 21.4. The predicted molar refractivity (Wildman–Crippen MR) is 112 cm³/mol. The van der Waals surface area contributed by atoms with Crippen LogP contribution in [-0.4, -0.2) is 45.4 Å². The molecule has 2 rings (SSSR count). The predicted octanol–water partition coefficient (Wildman–Crippen LogP) is -0.438. The molecule has 30 heavy (non-hydrogen) atoms. The third-order valence-electron chi connectivity index (χ3n) is 3.22. The summed E-state index contributed by atoms with van der Waals surface area (Å²) in [6.45, 7) is 12.6. The van der Waals surface area contributed by atoms with Crippen LogP contribution < -0.4 is 37.6 Å². The van der Waals surface area contributed by atoms with Gasteiger partial charge in [0.1, 0.15) is 0 Å². The van der Waals surface area contributed by atoms with Gasteiger partial charge in [-0.15, -0.1) is 0 Å². The van der Waals surface area contributed by atoms with Gasteiger partial charge in [-0.05, 0) is 53.7 Å². The normalized spacial score (nSPS) is 12.7. The number of allylic oxidation sites excluding steroid dienone is 2. The van der Waals surface area contributed by atoms with Gasteiger partial charge in [-0.3, -0.25) is 0 Å². The molecule has 2 heterocycles. The van der Waals surface area contributed by atoms with Gasteiger partial charge in [0, 0.05) is 25.2 Å². The van der Waals surface area contributed by atoms with Crippen LogP contribution in [0.1, 0.15) is 39.3 Å². The maximum Gasteiger partial charge on any atom is 3.00 e. The molecule has 4 N–H and O–H groups in total. The molecule has 0 radical (unpaired) electrons. The van der Waals surface area contributed by atoms with E-state index in [0.29, 0.717) is 11.5 Å². The Morgan fingerprint density at radius 2 is 1.23 bits per heavy atom. The van der Waals surface area contributed by atoms with Crippen LogP contribution in [0.4, 0.5) is 0 Å². The summed E-state index contributed by atoms with van der Waals surface area (Å²) in [4.78, 5) is 15.2. The second-order valence-corrected chi connectivity index (χ2v) is 6.31. The Balaban J connectivity index is -0.000000424. The molecule has 2 aromatic heterocycles. The molecule has 2 unspecified atom stereocenters. The first-order valence-corrected chi connectivity index (χ1v) is 9.22. The second kappa shape index (κ2) is 20.7. The molecule has 0 fully saturated rings. The van der Waals surface area contributed by atoms with Crippen LogP contribution in [0.15, 0.2) is 48.5 Å². The number of hydrogen-bond acceptors (Lipinski definition) is 6. The summed E-state index contributed by atoms with van der Waals surface area (Å²) in [5.74, 6) is 2.35. The van der Waals surface area contributed by atoms with Crippen molar-refractivity contribution in [3.63, 3.8) is 0 Å². The number of rotatable bonds is 7. The van der Waals surface area contributed by atoms with Gasteiger partial charge >= 0.3 is 16.8 Å². The van der Waals surface area contributed by atoms with Crippen molar-refractivity contribution in [1.82, 2.24) is 30.6 Å². The molecule has 10 heteroatoms. The Kier molecular flexibility index (Phi) is 22.8. The van der Waals surface area contributed by atoms with E-state index < -0.39 is 0 Å². The van der Waals surface area contributed by atoms with Gasteiger partial charge in [-0.1, -0.05) is 36.4 Å². The molecule has 0 bridgehead atoms. The molecule has 0 saturated carbocycles. The number of aromatic nitrogens is 4. The largest absolute Gasteiger partial charge is 3.00 e. The van der Waals surface area contributed by atoms with E-state index in [0.717, 1.165) is 24.7 Å². The topological polar surface area (TPSA) is 118 Å². The molecular formula is C20H34BrCoN6O2. The molecule has 172 valence electrons. The smallest absolute Gasteiger partial charge is 1.00 e. The van der Waals surface area contributed by atoms with Crippen LogP contribution in [0, 0.1) is 13.8 Å². The summed E-state index contributed by atoms with van der Waals surface area (Å²) in [7, 11) is 0. The minimum Gasteiger partial charge on any atom is -1.00 e. The van der Waals surface area contributed by atoms with Crippen molar-refractivity contribution in [2.75, 3.05) is 13.1 Å². The van der Waals surface area contributed by atoms with E-state index in [-0.39, 0.29) is 45.8 Å². The van der Waals surface area contributed by atoms with E-state index >= 15 is 0 Å². The van der Waals surface area contributed by atoms with Crippen molar-refractivity contribution in [2.45, 2.75) is 53.6 Å². The van der Waals surface area contributed by atoms with Crippen LogP contribution in [-0.2, 0) is 16.8 Å². The molecule has 8 nitrogen and oxygen atoms in total. The Hall–Kier alpha value is -1.59. The maximum absolute atomic E-state index is 9.04. The first-order chi connectivity index (χ1) is 13.2. The Labute approximate surface area is 201 Å². The molecule has 2 atom stereocenters. The fourth-order valence-electron chi connectivity index (χ4n) is 2.07. The van der Waals surface area contributed by atoms with E-state index in [1.165, 1.54) is 0 Å². The molecule has 0 aliphatic rings. The molecule has 0 aliphatic carbocycles. The summed E-state index contributed by atoms with van der Waals surface area (Å²) in [6, 6.07) is 0.328. The zero-order valence-corrected chi connectivity index (χ0v) is 21.1. The standard InChI is InChI=1S/C12H24N2O2.2C4H5N2.BrH.Co/c1-9(7-11(3)15)13-5-6-14-10(2)8-12(4)16;2*1-4-5-2-3-6-4;;/h7-10,13-16H,5-6H2,1-4H3;2*2-3H,1H3;1H;/q;2*-1;;+3/p-1/b11-7-,12-8-;;;;. The van der Waals surface area contributed by atoms with Gasteiger partial charge in [0.25, 0.3) is 0 Å². The van der Waals surface area contributed by atoms with Crippen LogP contribution in [0.3, 0.4) is 0 Å². The van der Waals surface area contributed by atoms with E-state index in [1.54, 1.807) is 50.8 Å². The van der Waals surface area contributed by atoms with Gasteiger partial charge < -0.3 is 57.8 Å². The van der Waals surface area contributed by atoms with Crippen molar-refractivity contribution in [3.8, 4) is 0 Å².